The largest absolute Gasteiger partial charge is 0.507 e. The van der Waals surface area contributed by atoms with Crippen molar-refractivity contribution >= 4 is 27.3 Å². The first-order valence-electron chi connectivity index (χ1n) is 7.75. The molecule has 5 rings (SSSR count). The van der Waals surface area contributed by atoms with Crippen molar-refractivity contribution in [2.75, 3.05) is 0 Å². The number of aromatic nitrogens is 4. The van der Waals surface area contributed by atoms with Crippen molar-refractivity contribution in [3.8, 4) is 17.1 Å². The third-order valence-corrected chi connectivity index (χ3v) is 5.74. The smallest absolute Gasteiger partial charge is 0.180 e. The molecular weight excluding hydrogens is 308 g/mol. The number of aryl methyl sites for hydroxylation is 2. The molecule has 6 heteroatoms. The van der Waals surface area contributed by atoms with Gasteiger partial charge in [0.25, 0.3) is 0 Å². The Morgan fingerprint density at radius 1 is 1.09 bits per heavy atom. The zero-order valence-electron chi connectivity index (χ0n) is 12.4. The van der Waals surface area contributed by atoms with Crippen LogP contribution in [0.2, 0.25) is 0 Å². The number of fused-ring (bicyclic) bond motifs is 5. The Labute approximate surface area is 136 Å². The Kier molecular flexibility index (Phi) is 2.69. The van der Waals surface area contributed by atoms with Crippen LogP contribution in [0.5, 0.6) is 5.75 Å². The number of benzene rings is 1. The Hall–Kier alpha value is -2.47. The third-order valence-electron chi connectivity index (χ3n) is 4.47. The number of phenolic OH excluding ortho intramolecular Hbond substituents is 1. The van der Waals surface area contributed by atoms with Gasteiger partial charge in [-0.3, -0.25) is 4.40 Å². The summed E-state index contributed by atoms with van der Waals surface area (Å²) in [5.41, 5.74) is 3.86. The number of hydrogen-bond acceptors (Lipinski definition) is 5. The lowest BCUT2D eigenvalue weighted by molar-refractivity contribution is 0.477. The van der Waals surface area contributed by atoms with E-state index in [1.807, 2.05) is 22.6 Å². The minimum absolute atomic E-state index is 0.216. The molecule has 0 amide bonds. The second kappa shape index (κ2) is 4.76. The molecule has 1 aromatic carbocycles. The van der Waals surface area contributed by atoms with Crippen LogP contribution in [0.4, 0.5) is 0 Å². The third kappa shape index (κ3) is 1.81. The predicted octanol–water partition coefficient (Wildman–Crippen LogP) is 3.59. The lowest BCUT2D eigenvalue weighted by Crippen LogP contribution is -1.99. The highest BCUT2D eigenvalue weighted by molar-refractivity contribution is 7.18. The number of phenols is 1. The summed E-state index contributed by atoms with van der Waals surface area (Å²) in [6.45, 7) is 0. The molecule has 1 aliphatic rings. The van der Waals surface area contributed by atoms with Gasteiger partial charge in [0.15, 0.2) is 11.5 Å². The Balaban J connectivity index is 1.88. The normalized spacial score (nSPS) is 14.4. The first kappa shape index (κ1) is 13.0. The lowest BCUT2D eigenvalue weighted by atomic mass is 9.99. The summed E-state index contributed by atoms with van der Waals surface area (Å²) >= 11 is 1.79. The molecule has 0 unspecified atom stereocenters. The summed E-state index contributed by atoms with van der Waals surface area (Å²) in [7, 11) is 0. The fourth-order valence-corrected chi connectivity index (χ4v) is 4.70. The van der Waals surface area contributed by atoms with Crippen LogP contribution in [0.3, 0.4) is 0 Å². The first-order valence-corrected chi connectivity index (χ1v) is 8.57. The van der Waals surface area contributed by atoms with Crippen LogP contribution in [0.1, 0.15) is 23.3 Å². The van der Waals surface area contributed by atoms with Gasteiger partial charge < -0.3 is 5.11 Å². The van der Waals surface area contributed by atoms with Crippen LogP contribution in [0.25, 0.3) is 27.4 Å². The number of nitrogens with zero attached hydrogens (tertiary/aromatic N) is 4. The second-order valence-electron chi connectivity index (χ2n) is 5.86. The van der Waals surface area contributed by atoms with Crippen molar-refractivity contribution in [1.82, 2.24) is 19.6 Å². The predicted molar refractivity (Wildman–Crippen MR) is 89.9 cm³/mol. The molecule has 3 aromatic heterocycles. The summed E-state index contributed by atoms with van der Waals surface area (Å²) in [4.78, 5) is 7.15. The van der Waals surface area contributed by atoms with Gasteiger partial charge in [0, 0.05) is 4.88 Å². The van der Waals surface area contributed by atoms with Gasteiger partial charge in [-0.2, -0.15) is 0 Å². The van der Waals surface area contributed by atoms with Gasteiger partial charge in [-0.05, 0) is 43.4 Å². The maximum atomic E-state index is 10.2. The van der Waals surface area contributed by atoms with Crippen molar-refractivity contribution in [2.45, 2.75) is 25.7 Å². The molecule has 0 bridgehead atoms. The quantitative estimate of drug-likeness (QED) is 0.582. The van der Waals surface area contributed by atoms with Crippen molar-refractivity contribution in [1.29, 1.82) is 0 Å². The maximum Gasteiger partial charge on any atom is 0.180 e. The Morgan fingerprint density at radius 3 is 2.87 bits per heavy atom. The highest BCUT2D eigenvalue weighted by Gasteiger charge is 2.21. The average molecular weight is 322 g/mol. The molecule has 0 atom stereocenters. The number of rotatable bonds is 1. The SMILES string of the molecule is Oc1ccccc1-c1nnc2cnc3c4c(sc3n12)CCCC4. The van der Waals surface area contributed by atoms with Crippen LogP contribution in [-0.4, -0.2) is 24.7 Å². The lowest BCUT2D eigenvalue weighted by Gasteiger charge is -2.09. The van der Waals surface area contributed by atoms with Gasteiger partial charge in [-0.25, -0.2) is 4.98 Å². The molecule has 3 heterocycles. The zero-order chi connectivity index (χ0) is 15.4. The topological polar surface area (TPSA) is 63.3 Å². The van der Waals surface area contributed by atoms with E-state index in [9.17, 15) is 5.11 Å². The van der Waals surface area contributed by atoms with Crippen molar-refractivity contribution in [3.63, 3.8) is 0 Å². The van der Waals surface area contributed by atoms with E-state index >= 15 is 0 Å². The molecule has 0 fully saturated rings. The second-order valence-corrected chi connectivity index (χ2v) is 6.94. The number of para-hydroxylation sites is 1. The molecule has 0 radical (unpaired) electrons. The molecule has 4 aromatic rings. The van der Waals surface area contributed by atoms with Crippen molar-refractivity contribution in [2.24, 2.45) is 0 Å². The van der Waals surface area contributed by atoms with Gasteiger partial charge in [-0.1, -0.05) is 12.1 Å². The standard InChI is InChI=1S/C17H14N4OS/c22-12-7-3-1-5-10(12)16-20-19-14-9-18-15-11-6-2-4-8-13(11)23-17(15)21(14)16/h1,3,5,7,9,22H,2,4,6,8H2. The van der Waals surface area contributed by atoms with E-state index in [4.69, 9.17) is 0 Å². The summed E-state index contributed by atoms with van der Waals surface area (Å²) in [6.07, 6.45) is 6.48. The summed E-state index contributed by atoms with van der Waals surface area (Å²) < 4.78 is 2.03. The van der Waals surface area contributed by atoms with E-state index in [1.54, 1.807) is 23.6 Å². The van der Waals surface area contributed by atoms with E-state index < -0.39 is 0 Å². The van der Waals surface area contributed by atoms with Crippen LogP contribution in [0.15, 0.2) is 30.5 Å². The minimum Gasteiger partial charge on any atom is -0.507 e. The summed E-state index contributed by atoms with van der Waals surface area (Å²) in [6, 6.07) is 7.25. The van der Waals surface area contributed by atoms with E-state index in [0.29, 0.717) is 17.0 Å². The van der Waals surface area contributed by atoms with E-state index in [-0.39, 0.29) is 5.75 Å². The molecule has 5 nitrogen and oxygen atoms in total. The van der Waals surface area contributed by atoms with Gasteiger partial charge in [0.05, 0.1) is 11.8 Å². The molecule has 23 heavy (non-hydrogen) atoms. The summed E-state index contributed by atoms with van der Waals surface area (Å²) in [5, 5.41) is 18.7. The fourth-order valence-electron chi connectivity index (χ4n) is 3.36. The van der Waals surface area contributed by atoms with E-state index in [1.165, 1.54) is 23.3 Å². The Morgan fingerprint density at radius 2 is 1.96 bits per heavy atom. The van der Waals surface area contributed by atoms with Crippen molar-refractivity contribution in [3.05, 3.63) is 40.9 Å². The minimum atomic E-state index is 0.216. The van der Waals surface area contributed by atoms with Gasteiger partial charge >= 0.3 is 0 Å². The molecule has 1 aliphatic carbocycles. The average Bonchev–Trinajstić information content (AvgIpc) is 3.16. The number of hydrogen-bond donors (Lipinski definition) is 1. The fraction of sp³-hybridized carbons (Fsp3) is 0.235. The maximum absolute atomic E-state index is 10.2. The summed E-state index contributed by atoms with van der Waals surface area (Å²) in [5.74, 6) is 0.886. The van der Waals surface area contributed by atoms with Crippen LogP contribution in [-0.2, 0) is 12.8 Å². The first-order chi connectivity index (χ1) is 11.3. The molecular formula is C17H14N4OS. The molecule has 0 spiro atoms. The molecule has 0 saturated carbocycles. The van der Waals surface area contributed by atoms with Gasteiger partial charge in [0.2, 0.25) is 0 Å². The number of aromatic hydroxyl groups is 1. The van der Waals surface area contributed by atoms with Crippen molar-refractivity contribution < 1.29 is 5.11 Å². The Bertz CT molecular complexity index is 1050. The van der Waals surface area contributed by atoms with E-state index in [0.717, 1.165) is 23.2 Å². The van der Waals surface area contributed by atoms with Crippen LogP contribution >= 0.6 is 11.3 Å². The van der Waals surface area contributed by atoms with E-state index in [2.05, 4.69) is 15.2 Å². The molecule has 0 aliphatic heterocycles. The van der Waals surface area contributed by atoms with Crippen LogP contribution in [0, 0.1) is 0 Å². The molecule has 0 saturated heterocycles. The molecule has 114 valence electrons. The monoisotopic (exact) mass is 322 g/mol. The van der Waals surface area contributed by atoms with Gasteiger partial charge in [-0.15, -0.1) is 21.5 Å². The van der Waals surface area contributed by atoms with Gasteiger partial charge in [0.1, 0.15) is 16.1 Å². The highest BCUT2D eigenvalue weighted by Crippen LogP contribution is 2.37. The van der Waals surface area contributed by atoms with Crippen LogP contribution < -0.4 is 0 Å². The number of thiophene rings is 1. The molecule has 1 N–H and O–H groups in total. The zero-order valence-corrected chi connectivity index (χ0v) is 13.2. The highest BCUT2D eigenvalue weighted by atomic mass is 32.1.